The van der Waals surface area contributed by atoms with E-state index in [1.165, 1.54) is 26.2 Å². The fourth-order valence-electron chi connectivity index (χ4n) is 2.95. The maximum atomic E-state index is 11.3. The van der Waals surface area contributed by atoms with Crippen molar-refractivity contribution in [2.24, 2.45) is 0 Å². The van der Waals surface area contributed by atoms with Gasteiger partial charge < -0.3 is 24.8 Å². The molecule has 0 atom stereocenters. The maximum absolute atomic E-state index is 11.3. The van der Waals surface area contributed by atoms with E-state index in [9.17, 15) is 4.79 Å². The number of ether oxygens (including phenoxy) is 3. The van der Waals surface area contributed by atoms with Gasteiger partial charge in [-0.2, -0.15) is 0 Å². The molecule has 2 N–H and O–H groups in total. The molecule has 2 rings (SSSR count). The molecular formula is C23H32N2O4. The predicted octanol–water partition coefficient (Wildman–Crippen LogP) is 5.23. The van der Waals surface area contributed by atoms with Gasteiger partial charge in [0, 0.05) is 25.2 Å². The first kappa shape index (κ1) is 22.4. The zero-order chi connectivity index (χ0) is 21.1. The number of nitrogens with one attached hydrogen (secondary N) is 2. The summed E-state index contributed by atoms with van der Waals surface area (Å²) in [6, 6.07) is 11.5. The quantitative estimate of drug-likeness (QED) is 0.477. The van der Waals surface area contributed by atoms with Crippen LogP contribution in [0.1, 0.15) is 45.1 Å². The van der Waals surface area contributed by atoms with Crippen LogP contribution in [0.4, 0.5) is 11.4 Å². The van der Waals surface area contributed by atoms with Crippen molar-refractivity contribution in [2.75, 3.05) is 31.5 Å². The Kier molecular flexibility index (Phi) is 9.15. The van der Waals surface area contributed by atoms with Crippen molar-refractivity contribution in [3.05, 3.63) is 42.0 Å². The number of methoxy groups -OCH3 is 2. The van der Waals surface area contributed by atoms with Gasteiger partial charge in [-0.15, -0.1) is 0 Å². The van der Waals surface area contributed by atoms with E-state index in [0.717, 1.165) is 29.2 Å². The van der Waals surface area contributed by atoms with E-state index < -0.39 is 0 Å². The van der Waals surface area contributed by atoms with Gasteiger partial charge in [0.1, 0.15) is 5.75 Å². The fourth-order valence-corrected chi connectivity index (χ4v) is 2.95. The SMILES string of the molecule is CCCCCCOc1ccc(CNc2ccc(NC(C)=O)c(OC)c2)cc1OC. The first-order chi connectivity index (χ1) is 14.1. The van der Waals surface area contributed by atoms with Gasteiger partial charge in [0.25, 0.3) is 0 Å². The lowest BCUT2D eigenvalue weighted by Crippen LogP contribution is -2.07. The summed E-state index contributed by atoms with van der Waals surface area (Å²) in [5.41, 5.74) is 2.61. The second-order valence-corrected chi connectivity index (χ2v) is 6.84. The molecule has 0 aliphatic carbocycles. The van der Waals surface area contributed by atoms with Gasteiger partial charge in [0.2, 0.25) is 5.91 Å². The van der Waals surface area contributed by atoms with Crippen LogP contribution >= 0.6 is 0 Å². The van der Waals surface area contributed by atoms with Crippen LogP contribution in [0.25, 0.3) is 0 Å². The molecule has 0 radical (unpaired) electrons. The largest absolute Gasteiger partial charge is 0.494 e. The number of carbonyl (C=O) groups is 1. The molecule has 2 aromatic carbocycles. The number of anilines is 2. The van der Waals surface area contributed by atoms with Crippen LogP contribution in [0.3, 0.4) is 0 Å². The number of rotatable bonds is 12. The smallest absolute Gasteiger partial charge is 0.221 e. The topological polar surface area (TPSA) is 68.8 Å². The second-order valence-electron chi connectivity index (χ2n) is 6.84. The second kappa shape index (κ2) is 11.8. The molecule has 0 aliphatic heterocycles. The highest BCUT2D eigenvalue weighted by Crippen LogP contribution is 2.30. The van der Waals surface area contributed by atoms with Gasteiger partial charge >= 0.3 is 0 Å². The Morgan fingerprint density at radius 1 is 0.931 bits per heavy atom. The Bertz CT molecular complexity index is 792. The number of hydrogen-bond donors (Lipinski definition) is 2. The summed E-state index contributed by atoms with van der Waals surface area (Å²) in [6.07, 6.45) is 4.69. The fraction of sp³-hybridized carbons (Fsp3) is 0.435. The van der Waals surface area contributed by atoms with E-state index in [1.54, 1.807) is 14.2 Å². The molecule has 0 spiro atoms. The molecule has 0 aliphatic rings. The van der Waals surface area contributed by atoms with E-state index in [0.29, 0.717) is 24.6 Å². The van der Waals surface area contributed by atoms with E-state index in [-0.39, 0.29) is 5.91 Å². The number of hydrogen-bond acceptors (Lipinski definition) is 5. The summed E-state index contributed by atoms with van der Waals surface area (Å²) in [5, 5.41) is 6.12. The van der Waals surface area contributed by atoms with Crippen molar-refractivity contribution in [3.63, 3.8) is 0 Å². The van der Waals surface area contributed by atoms with E-state index >= 15 is 0 Å². The number of amides is 1. The maximum Gasteiger partial charge on any atom is 0.221 e. The average Bonchev–Trinajstić information content (AvgIpc) is 2.72. The van der Waals surface area contributed by atoms with Gasteiger partial charge in [-0.25, -0.2) is 0 Å². The zero-order valence-corrected chi connectivity index (χ0v) is 17.8. The highest BCUT2D eigenvalue weighted by Gasteiger charge is 2.08. The van der Waals surface area contributed by atoms with Crippen molar-refractivity contribution in [3.8, 4) is 17.2 Å². The van der Waals surface area contributed by atoms with Gasteiger partial charge in [-0.1, -0.05) is 32.3 Å². The Labute approximate surface area is 173 Å². The Hall–Kier alpha value is -2.89. The molecule has 0 bridgehead atoms. The Balaban J connectivity index is 1.97. The molecule has 0 saturated heterocycles. The minimum atomic E-state index is -0.135. The molecule has 0 saturated carbocycles. The molecule has 158 valence electrons. The third kappa shape index (κ3) is 7.22. The lowest BCUT2D eigenvalue weighted by Gasteiger charge is -2.14. The minimum Gasteiger partial charge on any atom is -0.494 e. The molecule has 0 unspecified atom stereocenters. The molecule has 6 heteroatoms. The monoisotopic (exact) mass is 400 g/mol. The van der Waals surface area contributed by atoms with Crippen LogP contribution in [-0.4, -0.2) is 26.7 Å². The summed E-state index contributed by atoms with van der Waals surface area (Å²) < 4.78 is 16.7. The Morgan fingerprint density at radius 3 is 2.41 bits per heavy atom. The van der Waals surface area contributed by atoms with Gasteiger partial charge in [-0.05, 0) is 36.2 Å². The van der Waals surface area contributed by atoms with Crippen molar-refractivity contribution >= 4 is 17.3 Å². The van der Waals surface area contributed by atoms with Gasteiger partial charge in [0.05, 0.1) is 26.5 Å². The average molecular weight is 401 g/mol. The summed E-state index contributed by atoms with van der Waals surface area (Å²) in [4.78, 5) is 11.3. The van der Waals surface area contributed by atoms with Crippen molar-refractivity contribution in [2.45, 2.75) is 46.1 Å². The van der Waals surface area contributed by atoms with E-state index in [2.05, 4.69) is 17.6 Å². The summed E-state index contributed by atoms with van der Waals surface area (Å²) in [7, 11) is 3.23. The van der Waals surface area contributed by atoms with E-state index in [4.69, 9.17) is 14.2 Å². The third-order valence-corrected chi connectivity index (χ3v) is 4.49. The normalized spacial score (nSPS) is 10.3. The molecule has 0 fully saturated rings. The molecular weight excluding hydrogens is 368 g/mol. The highest BCUT2D eigenvalue weighted by atomic mass is 16.5. The van der Waals surface area contributed by atoms with Gasteiger partial charge in [0.15, 0.2) is 11.5 Å². The molecule has 6 nitrogen and oxygen atoms in total. The number of benzene rings is 2. The third-order valence-electron chi connectivity index (χ3n) is 4.49. The number of carbonyl (C=O) groups excluding carboxylic acids is 1. The minimum absolute atomic E-state index is 0.135. The van der Waals surface area contributed by atoms with Crippen LogP contribution in [-0.2, 0) is 11.3 Å². The number of unbranched alkanes of at least 4 members (excludes halogenated alkanes) is 3. The predicted molar refractivity (Wildman–Crippen MR) is 117 cm³/mol. The zero-order valence-electron chi connectivity index (χ0n) is 17.8. The molecule has 1 amide bonds. The summed E-state index contributed by atoms with van der Waals surface area (Å²) in [6.45, 7) is 4.99. The van der Waals surface area contributed by atoms with Crippen LogP contribution in [0, 0.1) is 0 Å². The van der Waals surface area contributed by atoms with Crippen LogP contribution in [0.2, 0.25) is 0 Å². The molecule has 0 aromatic heterocycles. The van der Waals surface area contributed by atoms with Crippen molar-refractivity contribution in [1.29, 1.82) is 0 Å². The molecule has 2 aromatic rings. The van der Waals surface area contributed by atoms with Crippen LogP contribution in [0.15, 0.2) is 36.4 Å². The van der Waals surface area contributed by atoms with Crippen LogP contribution in [0.5, 0.6) is 17.2 Å². The molecule has 29 heavy (non-hydrogen) atoms. The first-order valence-corrected chi connectivity index (χ1v) is 10.1. The molecule has 0 heterocycles. The lowest BCUT2D eigenvalue weighted by molar-refractivity contribution is -0.114. The first-order valence-electron chi connectivity index (χ1n) is 10.1. The summed E-state index contributed by atoms with van der Waals surface area (Å²) >= 11 is 0. The Morgan fingerprint density at radius 2 is 1.72 bits per heavy atom. The standard InChI is InChI=1S/C23H32N2O4/c1-5-6-7-8-13-29-21-12-9-18(14-23(21)28-4)16-24-19-10-11-20(25-17(2)26)22(15-19)27-3/h9-12,14-15,24H,5-8,13,16H2,1-4H3,(H,25,26). The van der Waals surface area contributed by atoms with Crippen molar-refractivity contribution < 1.29 is 19.0 Å². The van der Waals surface area contributed by atoms with Crippen molar-refractivity contribution in [1.82, 2.24) is 0 Å². The van der Waals surface area contributed by atoms with Gasteiger partial charge in [-0.3, -0.25) is 4.79 Å². The van der Waals surface area contributed by atoms with E-state index in [1.807, 2.05) is 36.4 Å². The summed E-state index contributed by atoms with van der Waals surface area (Å²) in [5.74, 6) is 1.98. The van der Waals surface area contributed by atoms with Crippen LogP contribution < -0.4 is 24.8 Å². The highest BCUT2D eigenvalue weighted by molar-refractivity contribution is 5.90. The lowest BCUT2D eigenvalue weighted by atomic mass is 10.2.